The molecule has 0 spiro atoms. The van der Waals surface area contributed by atoms with Gasteiger partial charge >= 0.3 is 0 Å². The van der Waals surface area contributed by atoms with Gasteiger partial charge in [-0.05, 0) is 43.9 Å². The number of ether oxygens (including phenoxy) is 1. The number of nitrogens with two attached hydrogens (primary N) is 1. The zero-order valence-electron chi connectivity index (χ0n) is 11.2. The van der Waals surface area contributed by atoms with Crippen molar-refractivity contribution in [2.45, 2.75) is 38.3 Å². The summed E-state index contributed by atoms with van der Waals surface area (Å²) in [6.07, 6.45) is 3.25. The van der Waals surface area contributed by atoms with Crippen molar-refractivity contribution in [3.05, 3.63) is 35.4 Å². The quantitative estimate of drug-likeness (QED) is 0.836. The molecule has 0 radical (unpaired) electrons. The van der Waals surface area contributed by atoms with Crippen molar-refractivity contribution in [2.75, 3.05) is 19.8 Å². The van der Waals surface area contributed by atoms with Crippen LogP contribution < -0.4 is 11.1 Å². The van der Waals surface area contributed by atoms with Gasteiger partial charge < -0.3 is 15.8 Å². The van der Waals surface area contributed by atoms with E-state index in [4.69, 9.17) is 10.5 Å². The molecule has 0 aromatic heterocycles. The van der Waals surface area contributed by atoms with Crippen molar-refractivity contribution in [2.24, 2.45) is 5.73 Å². The SMILES string of the molecule is CC1(NCCc2ccccc2CN)CCOCC1. The molecule has 1 saturated heterocycles. The molecule has 1 aliphatic heterocycles. The van der Waals surface area contributed by atoms with Crippen molar-refractivity contribution < 1.29 is 4.74 Å². The van der Waals surface area contributed by atoms with Gasteiger partial charge in [0.2, 0.25) is 0 Å². The van der Waals surface area contributed by atoms with Crippen molar-refractivity contribution >= 4 is 0 Å². The van der Waals surface area contributed by atoms with E-state index >= 15 is 0 Å². The van der Waals surface area contributed by atoms with E-state index in [-0.39, 0.29) is 5.54 Å². The van der Waals surface area contributed by atoms with E-state index in [0.29, 0.717) is 6.54 Å². The lowest BCUT2D eigenvalue weighted by Gasteiger charge is -2.34. The first-order valence-electron chi connectivity index (χ1n) is 6.83. The highest BCUT2D eigenvalue weighted by atomic mass is 16.5. The number of hydrogen-bond acceptors (Lipinski definition) is 3. The molecule has 1 fully saturated rings. The standard InChI is InChI=1S/C15H24N2O/c1-15(7-10-18-11-8-15)17-9-6-13-4-2-3-5-14(13)12-16/h2-5,17H,6-12,16H2,1H3. The molecule has 3 nitrogen and oxygen atoms in total. The van der Waals surface area contributed by atoms with E-state index in [0.717, 1.165) is 39.0 Å². The monoisotopic (exact) mass is 248 g/mol. The average Bonchev–Trinajstić information content (AvgIpc) is 2.40. The molecule has 0 aliphatic carbocycles. The van der Waals surface area contributed by atoms with Crippen LogP contribution in [0, 0.1) is 0 Å². The first-order chi connectivity index (χ1) is 8.73. The van der Waals surface area contributed by atoms with E-state index in [1.807, 2.05) is 0 Å². The van der Waals surface area contributed by atoms with E-state index in [2.05, 4.69) is 36.5 Å². The molecule has 1 aliphatic rings. The number of benzene rings is 1. The molecule has 100 valence electrons. The van der Waals surface area contributed by atoms with Crippen LogP contribution in [0.25, 0.3) is 0 Å². The lowest BCUT2D eigenvalue weighted by Crippen LogP contribution is -2.47. The Morgan fingerprint density at radius 1 is 1.22 bits per heavy atom. The second kappa shape index (κ2) is 6.32. The summed E-state index contributed by atoms with van der Waals surface area (Å²) in [5, 5.41) is 3.68. The summed E-state index contributed by atoms with van der Waals surface area (Å²) in [7, 11) is 0. The summed E-state index contributed by atoms with van der Waals surface area (Å²) in [4.78, 5) is 0. The Balaban J connectivity index is 1.84. The number of hydrogen-bond donors (Lipinski definition) is 2. The van der Waals surface area contributed by atoms with Crippen LogP contribution in [0.3, 0.4) is 0 Å². The molecule has 2 rings (SSSR count). The zero-order valence-corrected chi connectivity index (χ0v) is 11.2. The number of nitrogens with one attached hydrogen (secondary N) is 1. The van der Waals surface area contributed by atoms with Gasteiger partial charge in [0.1, 0.15) is 0 Å². The molecule has 0 saturated carbocycles. The molecule has 3 N–H and O–H groups in total. The third-order valence-corrected chi connectivity index (χ3v) is 3.88. The molecule has 1 aromatic rings. The van der Waals surface area contributed by atoms with E-state index in [1.165, 1.54) is 11.1 Å². The van der Waals surface area contributed by atoms with Gasteiger partial charge in [-0.2, -0.15) is 0 Å². The van der Waals surface area contributed by atoms with Crippen LogP contribution in [-0.2, 0) is 17.7 Å². The lowest BCUT2D eigenvalue weighted by atomic mass is 9.92. The van der Waals surface area contributed by atoms with Crippen LogP contribution in [0.5, 0.6) is 0 Å². The Bertz CT molecular complexity index is 373. The van der Waals surface area contributed by atoms with Crippen LogP contribution in [0.4, 0.5) is 0 Å². The summed E-state index contributed by atoms with van der Waals surface area (Å²) in [5.41, 5.74) is 8.62. The summed E-state index contributed by atoms with van der Waals surface area (Å²) < 4.78 is 5.41. The predicted molar refractivity (Wildman–Crippen MR) is 74.5 cm³/mol. The van der Waals surface area contributed by atoms with Gasteiger partial charge in [-0.3, -0.25) is 0 Å². The Labute approximate surface area is 110 Å². The fraction of sp³-hybridized carbons (Fsp3) is 0.600. The first-order valence-corrected chi connectivity index (χ1v) is 6.83. The van der Waals surface area contributed by atoms with E-state index in [9.17, 15) is 0 Å². The Morgan fingerprint density at radius 2 is 1.89 bits per heavy atom. The molecule has 18 heavy (non-hydrogen) atoms. The van der Waals surface area contributed by atoms with Crippen molar-refractivity contribution in [1.82, 2.24) is 5.32 Å². The smallest absolute Gasteiger partial charge is 0.0483 e. The topological polar surface area (TPSA) is 47.3 Å². The predicted octanol–water partition coefficient (Wildman–Crippen LogP) is 1.85. The van der Waals surface area contributed by atoms with Gasteiger partial charge in [-0.1, -0.05) is 24.3 Å². The first kappa shape index (κ1) is 13.5. The maximum absolute atomic E-state index is 5.75. The van der Waals surface area contributed by atoms with Crippen LogP contribution in [0.15, 0.2) is 24.3 Å². The van der Waals surface area contributed by atoms with Gasteiger partial charge in [-0.25, -0.2) is 0 Å². The zero-order chi connectivity index (χ0) is 12.8. The van der Waals surface area contributed by atoms with Crippen LogP contribution in [0.1, 0.15) is 30.9 Å². The van der Waals surface area contributed by atoms with Crippen LogP contribution in [0.2, 0.25) is 0 Å². The molecule has 3 heteroatoms. The lowest BCUT2D eigenvalue weighted by molar-refractivity contribution is 0.0456. The minimum atomic E-state index is 0.246. The maximum atomic E-state index is 5.75. The molecule has 0 bridgehead atoms. The Hall–Kier alpha value is -0.900. The van der Waals surface area contributed by atoms with Gasteiger partial charge in [-0.15, -0.1) is 0 Å². The summed E-state index contributed by atoms with van der Waals surface area (Å²) in [5.74, 6) is 0. The highest BCUT2D eigenvalue weighted by Crippen LogP contribution is 2.19. The molecule has 0 unspecified atom stereocenters. The minimum absolute atomic E-state index is 0.246. The van der Waals surface area contributed by atoms with Gasteiger partial charge in [0, 0.05) is 25.3 Å². The fourth-order valence-electron chi connectivity index (χ4n) is 2.50. The Kier molecular flexibility index (Phi) is 4.75. The second-order valence-corrected chi connectivity index (χ2v) is 5.32. The van der Waals surface area contributed by atoms with E-state index < -0.39 is 0 Å². The molecule has 0 amide bonds. The molecular weight excluding hydrogens is 224 g/mol. The molecule has 1 aromatic carbocycles. The molecule has 0 atom stereocenters. The Morgan fingerprint density at radius 3 is 2.56 bits per heavy atom. The fourth-order valence-corrected chi connectivity index (χ4v) is 2.50. The average molecular weight is 248 g/mol. The third-order valence-electron chi connectivity index (χ3n) is 3.88. The van der Waals surface area contributed by atoms with E-state index in [1.54, 1.807) is 0 Å². The van der Waals surface area contributed by atoms with Gasteiger partial charge in [0.25, 0.3) is 0 Å². The second-order valence-electron chi connectivity index (χ2n) is 5.32. The van der Waals surface area contributed by atoms with Gasteiger partial charge in [0.05, 0.1) is 0 Å². The van der Waals surface area contributed by atoms with Crippen LogP contribution >= 0.6 is 0 Å². The maximum Gasteiger partial charge on any atom is 0.0483 e. The van der Waals surface area contributed by atoms with Crippen molar-refractivity contribution in [3.63, 3.8) is 0 Å². The third kappa shape index (κ3) is 3.55. The summed E-state index contributed by atoms with van der Waals surface area (Å²) in [6.45, 7) is 5.69. The van der Waals surface area contributed by atoms with Crippen molar-refractivity contribution in [1.29, 1.82) is 0 Å². The summed E-state index contributed by atoms with van der Waals surface area (Å²) in [6, 6.07) is 8.44. The highest BCUT2D eigenvalue weighted by molar-refractivity contribution is 5.27. The van der Waals surface area contributed by atoms with Crippen molar-refractivity contribution in [3.8, 4) is 0 Å². The minimum Gasteiger partial charge on any atom is -0.381 e. The summed E-state index contributed by atoms with van der Waals surface area (Å²) >= 11 is 0. The van der Waals surface area contributed by atoms with Crippen LogP contribution in [-0.4, -0.2) is 25.3 Å². The number of rotatable bonds is 5. The van der Waals surface area contributed by atoms with Gasteiger partial charge in [0.15, 0.2) is 0 Å². The molecular formula is C15H24N2O. The molecule has 1 heterocycles. The highest BCUT2D eigenvalue weighted by Gasteiger charge is 2.26. The largest absolute Gasteiger partial charge is 0.381 e. The normalized spacial score (nSPS) is 18.8.